The lowest BCUT2D eigenvalue weighted by atomic mass is 10.1. The summed E-state index contributed by atoms with van der Waals surface area (Å²) in [7, 11) is 1.55. The van der Waals surface area contributed by atoms with Crippen LogP contribution in [0.15, 0.2) is 47.4 Å². The number of methoxy groups -OCH3 is 1. The van der Waals surface area contributed by atoms with E-state index < -0.39 is 11.8 Å². The first-order valence-corrected chi connectivity index (χ1v) is 11.7. The molecule has 2 aromatic rings. The van der Waals surface area contributed by atoms with E-state index in [1.807, 2.05) is 32.0 Å². The number of nitrogens with one attached hydrogen (secondary N) is 1. The molecule has 0 spiro atoms. The zero-order chi connectivity index (χ0) is 24.0. The molecule has 0 bridgehead atoms. The van der Waals surface area contributed by atoms with Gasteiger partial charge in [0.15, 0.2) is 15.8 Å². The second kappa shape index (κ2) is 11.2. The van der Waals surface area contributed by atoms with E-state index in [1.54, 1.807) is 37.5 Å². The van der Waals surface area contributed by atoms with Crippen molar-refractivity contribution in [1.82, 2.24) is 10.4 Å². The molecule has 9 heteroatoms. The number of hydrogen-bond acceptors (Lipinski definition) is 7. The van der Waals surface area contributed by atoms with E-state index in [9.17, 15) is 9.59 Å². The summed E-state index contributed by atoms with van der Waals surface area (Å²) in [5.74, 6) is 1.05. The number of carbonyl (C=O) groups is 2. The fourth-order valence-corrected chi connectivity index (χ4v) is 4.08. The molecular formula is C24H26N2O5S2. The van der Waals surface area contributed by atoms with Gasteiger partial charge in [-0.1, -0.05) is 24.8 Å². The van der Waals surface area contributed by atoms with Crippen molar-refractivity contribution in [2.75, 3.05) is 13.7 Å². The van der Waals surface area contributed by atoms with Gasteiger partial charge in [-0.3, -0.25) is 15.0 Å². The van der Waals surface area contributed by atoms with E-state index in [2.05, 4.69) is 12.3 Å². The van der Waals surface area contributed by atoms with Crippen LogP contribution in [0.25, 0.3) is 6.08 Å². The van der Waals surface area contributed by atoms with Crippen LogP contribution in [0.5, 0.6) is 17.2 Å². The van der Waals surface area contributed by atoms with E-state index in [0.29, 0.717) is 34.3 Å². The van der Waals surface area contributed by atoms with E-state index in [4.69, 9.17) is 26.4 Å². The first kappa shape index (κ1) is 24.6. The number of thioether (sulfide) groups is 1. The third-order valence-electron chi connectivity index (χ3n) is 4.83. The van der Waals surface area contributed by atoms with Crippen LogP contribution < -0.4 is 19.6 Å². The molecule has 0 unspecified atom stereocenters. The van der Waals surface area contributed by atoms with Crippen LogP contribution >= 0.6 is 24.0 Å². The molecule has 3 rings (SSSR count). The number of thiocarbonyl (C=S) groups is 1. The molecular weight excluding hydrogens is 460 g/mol. The Kier molecular flexibility index (Phi) is 8.35. The Balaban J connectivity index is 1.76. The lowest BCUT2D eigenvalue weighted by Crippen LogP contribution is -2.44. The second-order valence-electron chi connectivity index (χ2n) is 7.16. The monoisotopic (exact) mass is 486 g/mol. The van der Waals surface area contributed by atoms with Crippen LogP contribution in [0.1, 0.15) is 43.1 Å². The van der Waals surface area contributed by atoms with Gasteiger partial charge in [-0.2, -0.15) is 5.01 Å². The molecule has 2 amide bonds. The van der Waals surface area contributed by atoms with Crippen LogP contribution in [0.3, 0.4) is 0 Å². The van der Waals surface area contributed by atoms with Crippen molar-refractivity contribution in [3.63, 3.8) is 0 Å². The SMILES string of the molecule is CCOc1cc(/C=C2\SC(=S)N(NC(=O)c3ccc(OC)cc3)C2=O)ccc1O[C@@H](C)CC. The Hall–Kier alpha value is -3.04. The topological polar surface area (TPSA) is 77.1 Å². The number of hydrogen-bond donors (Lipinski definition) is 1. The molecule has 1 atom stereocenters. The minimum Gasteiger partial charge on any atom is -0.497 e. The second-order valence-corrected chi connectivity index (χ2v) is 8.84. The molecule has 1 aliphatic rings. The van der Waals surface area contributed by atoms with Crippen molar-refractivity contribution < 1.29 is 23.8 Å². The molecule has 0 aliphatic carbocycles. The maximum absolute atomic E-state index is 12.9. The summed E-state index contributed by atoms with van der Waals surface area (Å²) in [6.45, 7) is 6.43. The van der Waals surface area contributed by atoms with Gasteiger partial charge in [0.05, 0.1) is 24.7 Å². The Labute approximate surface area is 203 Å². The van der Waals surface area contributed by atoms with Crippen LogP contribution in [-0.4, -0.2) is 41.0 Å². The van der Waals surface area contributed by atoms with E-state index in [1.165, 1.54) is 0 Å². The van der Waals surface area contributed by atoms with Crippen LogP contribution in [0, 0.1) is 0 Å². The summed E-state index contributed by atoms with van der Waals surface area (Å²) >= 11 is 6.44. The largest absolute Gasteiger partial charge is 0.497 e. The van der Waals surface area contributed by atoms with E-state index in [0.717, 1.165) is 28.8 Å². The average Bonchev–Trinajstić information content (AvgIpc) is 3.08. The normalized spacial score (nSPS) is 15.5. The number of nitrogens with zero attached hydrogens (tertiary/aromatic N) is 1. The molecule has 1 heterocycles. The van der Waals surface area contributed by atoms with Crippen LogP contribution in [0.2, 0.25) is 0 Å². The molecule has 1 saturated heterocycles. The first-order valence-electron chi connectivity index (χ1n) is 10.5. The number of amides is 2. The fourth-order valence-electron chi connectivity index (χ4n) is 2.90. The minimum atomic E-state index is -0.444. The van der Waals surface area contributed by atoms with Crippen molar-refractivity contribution in [1.29, 1.82) is 0 Å². The van der Waals surface area contributed by atoms with Gasteiger partial charge in [-0.25, -0.2) is 0 Å². The number of benzene rings is 2. The molecule has 0 saturated carbocycles. The Morgan fingerprint density at radius 1 is 1.18 bits per heavy atom. The van der Waals surface area contributed by atoms with Gasteiger partial charge in [0.1, 0.15) is 5.75 Å². The number of hydrazine groups is 1. The highest BCUT2D eigenvalue weighted by Gasteiger charge is 2.33. The van der Waals surface area contributed by atoms with Crippen molar-refractivity contribution >= 4 is 46.2 Å². The summed E-state index contributed by atoms with van der Waals surface area (Å²) in [4.78, 5) is 25.9. The van der Waals surface area contributed by atoms with Crippen molar-refractivity contribution in [2.45, 2.75) is 33.3 Å². The molecule has 7 nitrogen and oxygen atoms in total. The predicted molar refractivity (Wildman–Crippen MR) is 133 cm³/mol. The Bertz CT molecular complexity index is 1070. The molecule has 1 fully saturated rings. The van der Waals surface area contributed by atoms with Gasteiger partial charge in [0.25, 0.3) is 11.8 Å². The summed E-state index contributed by atoms with van der Waals surface area (Å²) < 4.78 is 17.0. The molecule has 0 radical (unpaired) electrons. The summed E-state index contributed by atoms with van der Waals surface area (Å²) in [5.41, 5.74) is 3.72. The van der Waals surface area contributed by atoms with Gasteiger partial charge in [0.2, 0.25) is 0 Å². The maximum atomic E-state index is 12.9. The zero-order valence-corrected chi connectivity index (χ0v) is 20.5. The predicted octanol–water partition coefficient (Wildman–Crippen LogP) is 4.82. The van der Waals surface area contributed by atoms with E-state index in [-0.39, 0.29) is 10.4 Å². The third kappa shape index (κ3) is 6.06. The quantitative estimate of drug-likeness (QED) is 0.402. The van der Waals surface area contributed by atoms with Crippen molar-refractivity contribution in [3.05, 3.63) is 58.5 Å². The summed E-state index contributed by atoms with van der Waals surface area (Å²) in [6.07, 6.45) is 2.65. The van der Waals surface area contributed by atoms with Crippen molar-refractivity contribution in [2.24, 2.45) is 0 Å². The van der Waals surface area contributed by atoms with E-state index >= 15 is 0 Å². The fraction of sp³-hybridized carbons (Fsp3) is 0.292. The lowest BCUT2D eigenvalue weighted by Gasteiger charge is -2.17. The molecule has 1 N–H and O–H groups in total. The van der Waals surface area contributed by atoms with Gasteiger partial charge in [-0.15, -0.1) is 0 Å². The third-order valence-corrected chi connectivity index (χ3v) is 6.13. The molecule has 0 aromatic heterocycles. The highest BCUT2D eigenvalue weighted by atomic mass is 32.2. The molecule has 2 aromatic carbocycles. The highest BCUT2D eigenvalue weighted by Crippen LogP contribution is 2.34. The zero-order valence-electron chi connectivity index (χ0n) is 18.9. The van der Waals surface area contributed by atoms with Crippen LogP contribution in [-0.2, 0) is 4.79 Å². The highest BCUT2D eigenvalue weighted by molar-refractivity contribution is 8.26. The van der Waals surface area contributed by atoms with Crippen LogP contribution in [0.4, 0.5) is 0 Å². The Morgan fingerprint density at radius 3 is 2.55 bits per heavy atom. The van der Waals surface area contributed by atoms with Gasteiger partial charge < -0.3 is 14.2 Å². The minimum absolute atomic E-state index is 0.0561. The summed E-state index contributed by atoms with van der Waals surface area (Å²) in [5, 5.41) is 1.09. The smallest absolute Gasteiger partial charge is 0.285 e. The first-order chi connectivity index (χ1) is 15.9. The Morgan fingerprint density at radius 2 is 1.91 bits per heavy atom. The number of rotatable bonds is 9. The molecule has 1 aliphatic heterocycles. The molecule has 33 heavy (non-hydrogen) atoms. The van der Waals surface area contributed by atoms with Gasteiger partial charge in [0, 0.05) is 5.56 Å². The molecule has 174 valence electrons. The maximum Gasteiger partial charge on any atom is 0.285 e. The standard InChI is InChI=1S/C24H26N2O5S2/c1-5-15(3)31-19-12-7-16(13-20(19)30-6-2)14-21-23(28)26(24(32)33-21)25-22(27)17-8-10-18(29-4)11-9-17/h7-15H,5-6H2,1-4H3,(H,25,27)/b21-14-/t15-/m0/s1. The number of carbonyl (C=O) groups excluding carboxylic acids is 2. The average molecular weight is 487 g/mol. The van der Waals surface area contributed by atoms with Gasteiger partial charge in [-0.05, 0) is 80.5 Å². The van der Waals surface area contributed by atoms with Crippen molar-refractivity contribution in [3.8, 4) is 17.2 Å². The lowest BCUT2D eigenvalue weighted by molar-refractivity contribution is -0.123. The summed E-state index contributed by atoms with van der Waals surface area (Å²) in [6, 6.07) is 12.1. The number of ether oxygens (including phenoxy) is 3. The van der Waals surface area contributed by atoms with Gasteiger partial charge >= 0.3 is 0 Å².